The van der Waals surface area contributed by atoms with Crippen LogP contribution in [0.5, 0.6) is 0 Å². The number of benzene rings is 2. The lowest BCUT2D eigenvalue weighted by molar-refractivity contribution is -0.138. The Labute approximate surface area is 178 Å². The zero-order valence-electron chi connectivity index (χ0n) is 16.6. The fraction of sp³-hybridized carbons (Fsp3) is 0.211. The number of hydrogen-bond donors (Lipinski definition) is 1. The maximum atomic E-state index is 12.7. The van der Waals surface area contributed by atoms with Crippen molar-refractivity contribution in [1.29, 1.82) is 0 Å². The highest BCUT2D eigenvalue weighted by Crippen LogP contribution is 2.35. The van der Waals surface area contributed by atoms with Crippen LogP contribution in [-0.4, -0.2) is 14.2 Å². The molecule has 0 radical (unpaired) electrons. The van der Waals surface area contributed by atoms with Crippen LogP contribution in [-0.2, 0) is 41.9 Å². The molecule has 0 saturated carbocycles. The first kappa shape index (κ1) is 22.0. The molecular weight excluding hydrogens is 468 g/mol. The lowest BCUT2D eigenvalue weighted by atomic mass is 10.0. The Bertz CT molecular complexity index is 1210. The number of hydrogen-bond acceptors (Lipinski definition) is 6. The first-order chi connectivity index (χ1) is 15.0. The van der Waals surface area contributed by atoms with Crippen molar-refractivity contribution in [2.45, 2.75) is 24.2 Å². The minimum atomic E-state index is -4.67. The molecule has 0 bridgehead atoms. The Balaban J connectivity index is 1.78. The molecule has 1 atom stereocenters. The van der Waals surface area contributed by atoms with E-state index in [4.69, 9.17) is 11.8 Å². The van der Waals surface area contributed by atoms with Crippen LogP contribution in [0, 0.1) is 0 Å². The van der Waals surface area contributed by atoms with Crippen molar-refractivity contribution < 1.29 is 49.8 Å². The number of Topliss-reactive ketones (excluding diaryl/α,β-unsaturated/α-hetero) is 1. The van der Waals surface area contributed by atoms with E-state index < -0.39 is 62.9 Å². The normalized spacial score (nSPS) is 20.2. The van der Waals surface area contributed by atoms with Gasteiger partial charge in [0.15, 0.2) is 6.08 Å². The molecule has 2 N–H and O–H groups in total. The summed E-state index contributed by atoms with van der Waals surface area (Å²) in [6.07, 6.45) is -12.0. The summed E-state index contributed by atoms with van der Waals surface area (Å²) < 4.78 is 118. The second kappa shape index (κ2) is 8.04. The van der Waals surface area contributed by atoms with Crippen molar-refractivity contribution in [3.05, 3.63) is 82.4 Å². The fourth-order valence-corrected chi connectivity index (χ4v) is 3.72. The molecule has 1 unspecified atom stereocenters. The van der Waals surface area contributed by atoms with E-state index in [0.717, 1.165) is 24.3 Å². The SMILES string of the molecule is [2H]C1(c2ccc(C(F)(F)F)cc2)OC(N)=C(OS(=O)(=O)Cc2ccc(C(F)(F)F)cc2)C1=O. The predicted octanol–water partition coefficient (Wildman–Crippen LogP) is 4.04. The number of halogens is 6. The van der Waals surface area contributed by atoms with Crippen molar-refractivity contribution in [2.75, 3.05) is 0 Å². The van der Waals surface area contributed by atoms with Gasteiger partial charge in [0.1, 0.15) is 5.75 Å². The third kappa shape index (κ3) is 5.15. The average Bonchev–Trinajstić information content (AvgIpc) is 2.90. The van der Waals surface area contributed by atoms with E-state index in [1.807, 2.05) is 0 Å². The van der Waals surface area contributed by atoms with Crippen LogP contribution in [0.4, 0.5) is 26.3 Å². The van der Waals surface area contributed by atoms with Crippen LogP contribution in [0.3, 0.4) is 0 Å². The highest BCUT2D eigenvalue weighted by Gasteiger charge is 2.40. The van der Waals surface area contributed by atoms with Crippen LogP contribution >= 0.6 is 0 Å². The van der Waals surface area contributed by atoms with Gasteiger partial charge in [0.05, 0.1) is 12.5 Å². The molecule has 172 valence electrons. The lowest BCUT2D eigenvalue weighted by Gasteiger charge is -2.12. The van der Waals surface area contributed by atoms with Gasteiger partial charge in [-0.2, -0.15) is 34.8 Å². The Morgan fingerprint density at radius 3 is 1.88 bits per heavy atom. The Hall–Kier alpha value is -3.22. The molecule has 1 aliphatic heterocycles. The van der Waals surface area contributed by atoms with Crippen LogP contribution < -0.4 is 5.73 Å². The molecular formula is C19H13F6NO5S. The van der Waals surface area contributed by atoms with Gasteiger partial charge in [-0.1, -0.05) is 24.3 Å². The van der Waals surface area contributed by atoms with E-state index in [9.17, 15) is 39.6 Å². The summed E-state index contributed by atoms with van der Waals surface area (Å²) >= 11 is 0. The van der Waals surface area contributed by atoms with Crippen molar-refractivity contribution in [2.24, 2.45) is 5.73 Å². The van der Waals surface area contributed by atoms with E-state index in [0.29, 0.717) is 24.3 Å². The van der Waals surface area contributed by atoms with Crippen LogP contribution in [0.1, 0.15) is 29.7 Å². The molecule has 0 amide bonds. The molecule has 0 aliphatic carbocycles. The van der Waals surface area contributed by atoms with Crippen LogP contribution in [0.15, 0.2) is 60.2 Å². The van der Waals surface area contributed by atoms with Gasteiger partial charge in [0.2, 0.25) is 17.4 Å². The molecule has 2 aromatic rings. The number of ether oxygens (including phenoxy) is 1. The summed E-state index contributed by atoms with van der Waals surface area (Å²) in [6.45, 7) is 0. The fourth-order valence-electron chi connectivity index (χ4n) is 2.65. The minimum Gasteiger partial charge on any atom is -0.460 e. The topological polar surface area (TPSA) is 95.7 Å². The molecule has 32 heavy (non-hydrogen) atoms. The quantitative estimate of drug-likeness (QED) is 0.511. The molecule has 1 heterocycles. The molecule has 2 aromatic carbocycles. The summed E-state index contributed by atoms with van der Waals surface area (Å²) in [5.74, 6) is -4.31. The minimum absolute atomic E-state index is 0.103. The Morgan fingerprint density at radius 1 is 0.938 bits per heavy atom. The first-order valence-electron chi connectivity index (χ1n) is 9.02. The van der Waals surface area contributed by atoms with Crippen molar-refractivity contribution in [1.82, 2.24) is 0 Å². The molecule has 6 nitrogen and oxygen atoms in total. The van der Waals surface area contributed by atoms with Gasteiger partial charge in [-0.25, -0.2) is 0 Å². The van der Waals surface area contributed by atoms with Crippen molar-refractivity contribution >= 4 is 15.9 Å². The second-order valence-electron chi connectivity index (χ2n) is 6.51. The summed E-state index contributed by atoms with van der Waals surface area (Å²) in [6, 6.07) is 5.87. The average molecular weight is 482 g/mol. The highest BCUT2D eigenvalue weighted by atomic mass is 32.2. The molecule has 0 aromatic heterocycles. The highest BCUT2D eigenvalue weighted by molar-refractivity contribution is 7.86. The molecule has 1 aliphatic rings. The first-order valence-corrected chi connectivity index (χ1v) is 10.1. The molecule has 13 heteroatoms. The maximum Gasteiger partial charge on any atom is 0.416 e. The van der Waals surface area contributed by atoms with Gasteiger partial charge in [-0.15, -0.1) is 0 Å². The van der Waals surface area contributed by atoms with Gasteiger partial charge in [-0.05, 0) is 29.8 Å². The summed E-state index contributed by atoms with van der Waals surface area (Å²) in [5, 5.41) is 0. The smallest absolute Gasteiger partial charge is 0.416 e. The summed E-state index contributed by atoms with van der Waals surface area (Å²) in [4.78, 5) is 12.6. The summed E-state index contributed by atoms with van der Waals surface area (Å²) in [7, 11) is -4.64. The van der Waals surface area contributed by atoms with Gasteiger partial charge >= 0.3 is 22.5 Å². The Kier molecular flexibility index (Phi) is 5.53. The van der Waals surface area contributed by atoms with Crippen molar-refractivity contribution in [3.63, 3.8) is 0 Å². The Morgan fingerprint density at radius 2 is 1.41 bits per heavy atom. The van der Waals surface area contributed by atoms with Gasteiger partial charge in [0, 0.05) is 5.56 Å². The molecule has 0 fully saturated rings. The van der Waals surface area contributed by atoms with Crippen molar-refractivity contribution in [3.8, 4) is 0 Å². The van der Waals surface area contributed by atoms with E-state index >= 15 is 0 Å². The predicted molar refractivity (Wildman–Crippen MR) is 96.6 cm³/mol. The van der Waals surface area contributed by atoms with E-state index in [1.165, 1.54) is 0 Å². The van der Waals surface area contributed by atoms with E-state index in [-0.39, 0.29) is 11.1 Å². The van der Waals surface area contributed by atoms with Gasteiger partial charge in [-0.3, -0.25) is 4.79 Å². The zero-order chi connectivity index (χ0) is 24.8. The third-order valence-corrected chi connectivity index (χ3v) is 5.27. The lowest BCUT2D eigenvalue weighted by Crippen LogP contribution is -2.16. The largest absolute Gasteiger partial charge is 0.460 e. The second-order valence-corrected chi connectivity index (χ2v) is 8.08. The molecule has 3 rings (SSSR count). The number of nitrogens with two attached hydrogens (primary N) is 1. The summed E-state index contributed by atoms with van der Waals surface area (Å²) in [5.41, 5.74) is 2.93. The van der Waals surface area contributed by atoms with Gasteiger partial charge in [0.25, 0.3) is 0 Å². The van der Waals surface area contributed by atoms with E-state index in [1.54, 1.807) is 0 Å². The number of ketones is 1. The maximum absolute atomic E-state index is 12.7. The van der Waals surface area contributed by atoms with Gasteiger partial charge < -0.3 is 14.7 Å². The third-order valence-electron chi connectivity index (χ3n) is 4.16. The number of alkyl halides is 6. The number of carbonyl (C=O) groups is 1. The zero-order valence-corrected chi connectivity index (χ0v) is 16.4. The number of rotatable bonds is 5. The van der Waals surface area contributed by atoms with E-state index in [2.05, 4.69) is 4.18 Å². The monoisotopic (exact) mass is 482 g/mol. The molecule has 0 saturated heterocycles. The number of carbonyl (C=O) groups excluding carboxylic acids is 1. The molecule has 0 spiro atoms. The standard InChI is InChI=1S/C19H13F6NO5S/c20-18(21,22)12-5-1-10(2-6-12)9-32(28,29)31-16-14(27)15(30-17(16)26)11-3-7-13(8-4-11)19(23,24)25/h1-8,15H,9,26H2/i15D. The van der Waals surface area contributed by atoms with Crippen LogP contribution in [0.2, 0.25) is 0 Å². The van der Waals surface area contributed by atoms with Crippen LogP contribution in [0.25, 0.3) is 0 Å².